The molecule has 0 aliphatic rings. The number of benzene rings is 2. The molecule has 0 spiro atoms. The molecule has 0 aliphatic heterocycles. The summed E-state index contributed by atoms with van der Waals surface area (Å²) in [5, 5.41) is 2.28. The molecule has 0 saturated carbocycles. The van der Waals surface area contributed by atoms with Crippen LogP contribution in [-0.2, 0) is 6.42 Å². The average Bonchev–Trinajstić information content (AvgIpc) is 2.69. The van der Waals surface area contributed by atoms with Crippen molar-refractivity contribution in [2.75, 3.05) is 5.75 Å². The number of pyridine rings is 1. The molecule has 4 aromatic rings. The molecule has 0 radical (unpaired) electrons. The summed E-state index contributed by atoms with van der Waals surface area (Å²) < 4.78 is 0.937. The van der Waals surface area contributed by atoms with Crippen LogP contribution >= 0.6 is 23.1 Å². The smallest absolute Gasteiger partial charge is 0.267 e. The Balaban J connectivity index is 1.55. The zero-order valence-electron chi connectivity index (χ0n) is 14.0. The number of hydrogen-bond donors (Lipinski definition) is 0. The van der Waals surface area contributed by atoms with Crippen molar-refractivity contribution >= 4 is 33.2 Å². The van der Waals surface area contributed by atoms with Gasteiger partial charge in [-0.2, -0.15) is 4.98 Å². The Labute approximate surface area is 159 Å². The fraction of sp³-hybridized carbons (Fsp3) is 0.0952. The first-order chi connectivity index (χ1) is 12.8. The summed E-state index contributed by atoms with van der Waals surface area (Å²) in [6, 6.07) is 23.9. The van der Waals surface area contributed by atoms with Gasteiger partial charge in [0, 0.05) is 10.5 Å². The molecular weight excluding hydrogens is 360 g/mol. The molecule has 0 amide bonds. The second-order valence-corrected chi connectivity index (χ2v) is 7.91. The van der Waals surface area contributed by atoms with E-state index in [0.29, 0.717) is 10.4 Å². The standard InChI is InChI=1S/C21H16N2OS2/c24-20-16-9-4-5-11-18(16)26-21(23-20)17-10-6-12-19(22-17)25-14-13-15-7-2-1-3-8-15/h1-12H,13-14H2. The van der Waals surface area contributed by atoms with Crippen LogP contribution in [0, 0.1) is 0 Å². The Hall–Kier alpha value is -2.50. The lowest BCUT2D eigenvalue weighted by Crippen LogP contribution is -2.06. The van der Waals surface area contributed by atoms with Crippen LogP contribution in [0.3, 0.4) is 0 Å². The first-order valence-corrected chi connectivity index (χ1v) is 10.1. The molecule has 5 heteroatoms. The van der Waals surface area contributed by atoms with E-state index in [1.165, 1.54) is 16.9 Å². The van der Waals surface area contributed by atoms with Gasteiger partial charge in [0.2, 0.25) is 0 Å². The maximum atomic E-state index is 12.2. The van der Waals surface area contributed by atoms with Gasteiger partial charge in [-0.05, 0) is 36.2 Å². The molecule has 0 N–H and O–H groups in total. The lowest BCUT2D eigenvalue weighted by molar-refractivity contribution is 1.11. The van der Waals surface area contributed by atoms with Gasteiger partial charge in [0.05, 0.1) is 10.4 Å². The Morgan fingerprint density at radius 1 is 0.846 bits per heavy atom. The van der Waals surface area contributed by atoms with Crippen molar-refractivity contribution < 1.29 is 0 Å². The minimum atomic E-state index is -0.196. The number of nitrogens with zero attached hydrogens (tertiary/aromatic N) is 2. The summed E-state index contributed by atoms with van der Waals surface area (Å²) in [6.07, 6.45) is 0.999. The number of aromatic nitrogens is 2. The predicted molar refractivity (Wildman–Crippen MR) is 110 cm³/mol. The Bertz CT molecular complexity index is 1090. The molecule has 26 heavy (non-hydrogen) atoms. The molecule has 2 heterocycles. The Morgan fingerprint density at radius 3 is 2.54 bits per heavy atom. The van der Waals surface area contributed by atoms with Gasteiger partial charge in [-0.1, -0.05) is 48.5 Å². The Kier molecular flexibility index (Phi) is 5.09. The van der Waals surface area contributed by atoms with Crippen LogP contribution in [0.5, 0.6) is 0 Å². The zero-order valence-corrected chi connectivity index (χ0v) is 15.6. The molecule has 128 valence electrons. The fourth-order valence-electron chi connectivity index (χ4n) is 2.65. The highest BCUT2D eigenvalue weighted by molar-refractivity contribution is 7.99. The number of rotatable bonds is 5. The summed E-state index contributed by atoms with van der Waals surface area (Å²) in [6.45, 7) is 0. The maximum Gasteiger partial charge on any atom is 0.279 e. The average molecular weight is 377 g/mol. The van der Waals surface area contributed by atoms with Crippen LogP contribution in [0.1, 0.15) is 5.56 Å². The molecular formula is C21H16N2OS2. The van der Waals surface area contributed by atoms with Crippen LogP contribution < -0.4 is 5.56 Å². The molecule has 4 rings (SSSR count). The molecule has 2 aromatic heterocycles. The SMILES string of the molecule is O=c1nc(-c2cccc(SCCc3ccccc3)n2)sc2ccccc12. The number of fused-ring (bicyclic) bond motifs is 1. The van der Waals surface area contributed by atoms with E-state index in [4.69, 9.17) is 4.98 Å². The normalized spacial score (nSPS) is 10.9. The van der Waals surface area contributed by atoms with E-state index in [0.717, 1.165) is 27.6 Å². The van der Waals surface area contributed by atoms with E-state index in [1.54, 1.807) is 11.8 Å². The first-order valence-electron chi connectivity index (χ1n) is 8.34. The van der Waals surface area contributed by atoms with Crippen molar-refractivity contribution in [1.29, 1.82) is 0 Å². The zero-order chi connectivity index (χ0) is 17.8. The molecule has 0 bridgehead atoms. The highest BCUT2D eigenvalue weighted by Gasteiger charge is 2.08. The van der Waals surface area contributed by atoms with Gasteiger partial charge in [0.25, 0.3) is 5.56 Å². The summed E-state index contributed by atoms with van der Waals surface area (Å²) in [5.74, 6) is 0.960. The van der Waals surface area contributed by atoms with E-state index >= 15 is 0 Å². The summed E-state index contributed by atoms with van der Waals surface area (Å²) in [4.78, 5) is 21.2. The molecule has 2 aromatic carbocycles. The number of hydrogen-bond acceptors (Lipinski definition) is 5. The molecule has 0 fully saturated rings. The van der Waals surface area contributed by atoms with Crippen molar-refractivity contribution in [3.8, 4) is 10.7 Å². The number of aryl methyl sites for hydroxylation is 1. The van der Waals surface area contributed by atoms with Crippen molar-refractivity contribution in [3.63, 3.8) is 0 Å². The minimum absolute atomic E-state index is 0.196. The monoisotopic (exact) mass is 376 g/mol. The maximum absolute atomic E-state index is 12.2. The van der Waals surface area contributed by atoms with Gasteiger partial charge < -0.3 is 0 Å². The third-order valence-corrected chi connectivity index (χ3v) is 5.95. The fourth-order valence-corrected chi connectivity index (χ4v) is 4.51. The molecule has 3 nitrogen and oxygen atoms in total. The highest BCUT2D eigenvalue weighted by Crippen LogP contribution is 2.26. The van der Waals surface area contributed by atoms with Gasteiger partial charge in [-0.3, -0.25) is 4.79 Å². The topological polar surface area (TPSA) is 42.9 Å². The van der Waals surface area contributed by atoms with E-state index in [1.807, 2.05) is 48.5 Å². The lowest BCUT2D eigenvalue weighted by Gasteiger charge is -2.05. The van der Waals surface area contributed by atoms with Crippen molar-refractivity contribution in [3.05, 3.63) is 88.7 Å². The lowest BCUT2D eigenvalue weighted by atomic mass is 10.2. The summed E-state index contributed by atoms with van der Waals surface area (Å²) >= 11 is 3.22. The van der Waals surface area contributed by atoms with E-state index < -0.39 is 0 Å². The van der Waals surface area contributed by atoms with Crippen molar-refractivity contribution in [2.45, 2.75) is 11.4 Å². The van der Waals surface area contributed by atoms with Crippen LogP contribution in [0.4, 0.5) is 0 Å². The first kappa shape index (κ1) is 16.9. The third-order valence-electron chi connectivity index (χ3n) is 3.95. The summed E-state index contributed by atoms with van der Waals surface area (Å²) in [5.41, 5.74) is 1.88. The second-order valence-electron chi connectivity index (χ2n) is 5.77. The van der Waals surface area contributed by atoms with E-state index in [9.17, 15) is 4.79 Å². The molecule has 0 saturated heterocycles. The molecule has 0 aliphatic carbocycles. The quantitative estimate of drug-likeness (QED) is 0.457. The van der Waals surface area contributed by atoms with Crippen LogP contribution in [0.2, 0.25) is 0 Å². The second kappa shape index (κ2) is 7.81. The van der Waals surface area contributed by atoms with E-state index in [-0.39, 0.29) is 5.56 Å². The third kappa shape index (κ3) is 3.84. The Morgan fingerprint density at radius 2 is 1.65 bits per heavy atom. The van der Waals surface area contributed by atoms with Crippen molar-refractivity contribution in [2.24, 2.45) is 0 Å². The highest BCUT2D eigenvalue weighted by atomic mass is 32.2. The molecule has 0 atom stereocenters. The van der Waals surface area contributed by atoms with E-state index in [2.05, 4.69) is 29.2 Å². The minimum Gasteiger partial charge on any atom is -0.267 e. The van der Waals surface area contributed by atoms with Crippen LogP contribution in [-0.4, -0.2) is 15.7 Å². The number of thioether (sulfide) groups is 1. The molecule has 0 unspecified atom stereocenters. The van der Waals surface area contributed by atoms with Crippen LogP contribution in [0.25, 0.3) is 20.8 Å². The summed E-state index contributed by atoms with van der Waals surface area (Å²) in [7, 11) is 0. The van der Waals surface area contributed by atoms with Gasteiger partial charge in [-0.15, -0.1) is 23.1 Å². The van der Waals surface area contributed by atoms with Crippen molar-refractivity contribution in [1.82, 2.24) is 9.97 Å². The van der Waals surface area contributed by atoms with Crippen LogP contribution in [0.15, 0.2) is 82.6 Å². The van der Waals surface area contributed by atoms with Gasteiger partial charge in [-0.25, -0.2) is 4.98 Å². The van der Waals surface area contributed by atoms with Gasteiger partial charge in [0.15, 0.2) is 0 Å². The largest absolute Gasteiger partial charge is 0.279 e. The van der Waals surface area contributed by atoms with Gasteiger partial charge in [0.1, 0.15) is 10.7 Å². The van der Waals surface area contributed by atoms with Gasteiger partial charge >= 0.3 is 0 Å². The predicted octanol–water partition coefficient (Wildman–Crippen LogP) is 5.05.